The van der Waals surface area contributed by atoms with E-state index < -0.39 is 0 Å². The molecule has 21 heavy (non-hydrogen) atoms. The maximum absolute atomic E-state index is 5.42. The standard InChI is InChI=1S/C20H39N/c1-7-17(2)11-8-12-18(3)13-9-14-19(4)15-10-16-20(5)21-6/h1,17-21H,8-16H2,2-6H3. The van der Waals surface area contributed by atoms with Crippen LogP contribution in [0.3, 0.4) is 0 Å². The average molecular weight is 294 g/mol. The minimum atomic E-state index is 0.456. The van der Waals surface area contributed by atoms with Crippen molar-refractivity contribution in [2.75, 3.05) is 7.05 Å². The van der Waals surface area contributed by atoms with Gasteiger partial charge < -0.3 is 5.32 Å². The number of terminal acetylenes is 1. The lowest BCUT2D eigenvalue weighted by atomic mass is 9.91. The maximum Gasteiger partial charge on any atom is 0.0171 e. The fraction of sp³-hybridized carbons (Fsp3) is 0.900. The van der Waals surface area contributed by atoms with E-state index in [1.807, 2.05) is 0 Å². The average Bonchev–Trinajstić information content (AvgIpc) is 2.46. The van der Waals surface area contributed by atoms with E-state index in [1.54, 1.807) is 0 Å². The molecule has 1 heteroatoms. The minimum absolute atomic E-state index is 0.456. The zero-order chi connectivity index (χ0) is 16.1. The number of hydrogen-bond acceptors (Lipinski definition) is 1. The first-order valence-corrected chi connectivity index (χ1v) is 9.12. The predicted molar refractivity (Wildman–Crippen MR) is 96.4 cm³/mol. The van der Waals surface area contributed by atoms with Crippen LogP contribution in [-0.2, 0) is 0 Å². The molecule has 0 aromatic heterocycles. The molecule has 1 nitrogen and oxygen atoms in total. The molecule has 0 aliphatic heterocycles. The lowest BCUT2D eigenvalue weighted by molar-refractivity contribution is 0.385. The van der Waals surface area contributed by atoms with Gasteiger partial charge in [0.15, 0.2) is 0 Å². The van der Waals surface area contributed by atoms with Crippen molar-refractivity contribution in [2.45, 2.75) is 91.5 Å². The summed E-state index contributed by atoms with van der Waals surface area (Å²) < 4.78 is 0. The van der Waals surface area contributed by atoms with E-state index >= 15 is 0 Å². The summed E-state index contributed by atoms with van der Waals surface area (Å²) in [6.07, 6.45) is 17.5. The Kier molecular flexibility index (Phi) is 12.9. The quantitative estimate of drug-likeness (QED) is 0.433. The van der Waals surface area contributed by atoms with Crippen LogP contribution < -0.4 is 5.32 Å². The van der Waals surface area contributed by atoms with Crippen LogP contribution in [0, 0.1) is 30.1 Å². The molecular weight excluding hydrogens is 254 g/mol. The molecule has 0 aromatic carbocycles. The lowest BCUT2D eigenvalue weighted by Crippen LogP contribution is -2.20. The van der Waals surface area contributed by atoms with Gasteiger partial charge in [-0.05, 0) is 38.6 Å². The minimum Gasteiger partial charge on any atom is -0.317 e. The molecular formula is C20H39N. The molecule has 0 radical (unpaired) electrons. The molecule has 0 bridgehead atoms. The second-order valence-corrected chi connectivity index (χ2v) is 7.26. The van der Waals surface area contributed by atoms with Gasteiger partial charge in [0.2, 0.25) is 0 Å². The van der Waals surface area contributed by atoms with Crippen molar-refractivity contribution in [1.82, 2.24) is 5.32 Å². The van der Waals surface area contributed by atoms with Crippen molar-refractivity contribution in [3.63, 3.8) is 0 Å². The lowest BCUT2D eigenvalue weighted by Gasteiger charge is -2.16. The smallest absolute Gasteiger partial charge is 0.0171 e. The van der Waals surface area contributed by atoms with Gasteiger partial charge >= 0.3 is 0 Å². The summed E-state index contributed by atoms with van der Waals surface area (Å²) in [4.78, 5) is 0. The summed E-state index contributed by atoms with van der Waals surface area (Å²) in [6, 6.07) is 0.669. The van der Waals surface area contributed by atoms with E-state index in [0.29, 0.717) is 12.0 Å². The molecule has 124 valence electrons. The molecule has 0 rings (SSSR count). The molecule has 0 aliphatic carbocycles. The third-order valence-electron chi connectivity index (χ3n) is 4.84. The van der Waals surface area contributed by atoms with Gasteiger partial charge in [0.1, 0.15) is 0 Å². The monoisotopic (exact) mass is 293 g/mol. The molecule has 4 atom stereocenters. The molecule has 4 unspecified atom stereocenters. The van der Waals surface area contributed by atoms with Crippen molar-refractivity contribution in [3.8, 4) is 12.3 Å². The third kappa shape index (κ3) is 12.9. The molecule has 0 fully saturated rings. The highest BCUT2D eigenvalue weighted by Gasteiger charge is 2.07. The Bertz CT molecular complexity index is 266. The van der Waals surface area contributed by atoms with Gasteiger partial charge in [-0.2, -0.15) is 0 Å². The Labute approximate surface area is 134 Å². The first-order chi connectivity index (χ1) is 9.99. The van der Waals surface area contributed by atoms with Crippen LogP contribution in [0.1, 0.15) is 85.5 Å². The molecule has 0 aromatic rings. The molecule has 0 saturated carbocycles. The van der Waals surface area contributed by atoms with E-state index in [4.69, 9.17) is 6.42 Å². The summed E-state index contributed by atoms with van der Waals surface area (Å²) in [5.74, 6) is 5.04. The van der Waals surface area contributed by atoms with E-state index in [-0.39, 0.29) is 0 Å². The summed E-state index contributed by atoms with van der Waals surface area (Å²) in [7, 11) is 2.06. The van der Waals surface area contributed by atoms with Crippen molar-refractivity contribution < 1.29 is 0 Å². The van der Waals surface area contributed by atoms with Gasteiger partial charge in [-0.1, -0.05) is 65.7 Å². The van der Waals surface area contributed by atoms with Crippen molar-refractivity contribution in [2.24, 2.45) is 17.8 Å². The summed E-state index contributed by atoms with van der Waals surface area (Å²) in [5.41, 5.74) is 0. The third-order valence-corrected chi connectivity index (χ3v) is 4.84. The number of hydrogen-bond donors (Lipinski definition) is 1. The highest BCUT2D eigenvalue weighted by Crippen LogP contribution is 2.21. The van der Waals surface area contributed by atoms with Crippen LogP contribution >= 0.6 is 0 Å². The van der Waals surface area contributed by atoms with Gasteiger partial charge in [-0.3, -0.25) is 0 Å². The normalized spacial score (nSPS) is 17.0. The number of nitrogens with one attached hydrogen (secondary N) is 1. The fourth-order valence-electron chi connectivity index (χ4n) is 2.88. The van der Waals surface area contributed by atoms with Gasteiger partial charge in [0.05, 0.1) is 0 Å². The second-order valence-electron chi connectivity index (χ2n) is 7.26. The molecule has 0 heterocycles. The molecule has 0 aliphatic rings. The Morgan fingerprint density at radius 2 is 1.19 bits per heavy atom. The fourth-order valence-corrected chi connectivity index (χ4v) is 2.88. The molecule has 0 spiro atoms. The SMILES string of the molecule is C#CC(C)CCCC(C)CCCC(C)CCCC(C)NC. The Balaban J connectivity index is 3.49. The van der Waals surface area contributed by atoms with Crippen LogP contribution in [-0.4, -0.2) is 13.1 Å². The van der Waals surface area contributed by atoms with E-state index in [0.717, 1.165) is 11.8 Å². The van der Waals surface area contributed by atoms with Crippen molar-refractivity contribution in [1.29, 1.82) is 0 Å². The maximum atomic E-state index is 5.42. The predicted octanol–water partition coefficient (Wildman–Crippen LogP) is 5.65. The second kappa shape index (κ2) is 13.2. The van der Waals surface area contributed by atoms with Crippen molar-refractivity contribution in [3.05, 3.63) is 0 Å². The summed E-state index contributed by atoms with van der Waals surface area (Å²) in [5, 5.41) is 3.32. The van der Waals surface area contributed by atoms with Gasteiger partial charge in [0, 0.05) is 12.0 Å². The zero-order valence-corrected chi connectivity index (χ0v) is 15.3. The molecule has 0 saturated heterocycles. The van der Waals surface area contributed by atoms with Gasteiger partial charge in [0.25, 0.3) is 0 Å². The van der Waals surface area contributed by atoms with Crippen LogP contribution in [0.5, 0.6) is 0 Å². The van der Waals surface area contributed by atoms with E-state index in [1.165, 1.54) is 57.8 Å². The highest BCUT2D eigenvalue weighted by molar-refractivity contribution is 4.89. The highest BCUT2D eigenvalue weighted by atomic mass is 14.8. The molecule has 1 N–H and O–H groups in total. The Morgan fingerprint density at radius 3 is 1.62 bits per heavy atom. The van der Waals surface area contributed by atoms with Gasteiger partial charge in [-0.15, -0.1) is 12.3 Å². The van der Waals surface area contributed by atoms with Crippen LogP contribution in [0.2, 0.25) is 0 Å². The van der Waals surface area contributed by atoms with Crippen LogP contribution in [0.15, 0.2) is 0 Å². The van der Waals surface area contributed by atoms with Crippen LogP contribution in [0.25, 0.3) is 0 Å². The largest absolute Gasteiger partial charge is 0.317 e. The first-order valence-electron chi connectivity index (χ1n) is 9.12. The van der Waals surface area contributed by atoms with Crippen molar-refractivity contribution >= 4 is 0 Å². The van der Waals surface area contributed by atoms with E-state index in [9.17, 15) is 0 Å². The number of rotatable bonds is 13. The molecule has 0 amide bonds. The first kappa shape index (κ1) is 20.5. The zero-order valence-electron chi connectivity index (χ0n) is 15.3. The summed E-state index contributed by atoms with van der Waals surface area (Å²) in [6.45, 7) is 9.25. The van der Waals surface area contributed by atoms with Crippen LogP contribution in [0.4, 0.5) is 0 Å². The summed E-state index contributed by atoms with van der Waals surface area (Å²) >= 11 is 0. The Hall–Kier alpha value is -0.480. The van der Waals surface area contributed by atoms with Gasteiger partial charge in [-0.25, -0.2) is 0 Å². The Morgan fingerprint density at radius 1 is 0.762 bits per heavy atom. The van der Waals surface area contributed by atoms with E-state index in [2.05, 4.69) is 46.0 Å². The topological polar surface area (TPSA) is 12.0 Å².